The highest BCUT2D eigenvalue weighted by Crippen LogP contribution is 2.32. The number of anilines is 1. The highest BCUT2D eigenvalue weighted by atomic mass is 16.6. The van der Waals surface area contributed by atoms with Gasteiger partial charge >= 0.3 is 17.7 Å². The molecule has 1 atom stereocenters. The van der Waals surface area contributed by atoms with Crippen molar-refractivity contribution in [2.75, 3.05) is 11.9 Å². The first-order valence-corrected chi connectivity index (χ1v) is 10.5. The van der Waals surface area contributed by atoms with Gasteiger partial charge in [-0.05, 0) is 49.2 Å². The Balaban J connectivity index is 1.63. The van der Waals surface area contributed by atoms with Crippen LogP contribution in [0, 0.1) is 10.1 Å². The molecule has 35 heavy (non-hydrogen) atoms. The van der Waals surface area contributed by atoms with Gasteiger partial charge in [-0.2, -0.15) is 0 Å². The lowest BCUT2D eigenvalue weighted by molar-refractivity contribution is -0.384. The van der Waals surface area contributed by atoms with E-state index in [4.69, 9.17) is 9.15 Å². The molecular weight excluding hydrogens is 460 g/mol. The van der Waals surface area contributed by atoms with Gasteiger partial charge in [-0.3, -0.25) is 25.1 Å². The first kappa shape index (κ1) is 23.4. The summed E-state index contributed by atoms with van der Waals surface area (Å²) in [5, 5.41) is 16.5. The third-order valence-corrected chi connectivity index (χ3v) is 5.61. The van der Waals surface area contributed by atoms with Crippen LogP contribution < -0.4 is 16.3 Å². The summed E-state index contributed by atoms with van der Waals surface area (Å²) in [7, 11) is 0. The van der Waals surface area contributed by atoms with Crippen molar-refractivity contribution < 1.29 is 28.5 Å². The van der Waals surface area contributed by atoms with E-state index in [-0.39, 0.29) is 24.4 Å². The molecule has 3 aromatic rings. The maximum Gasteiger partial charge on any atom is 0.411 e. The topological polar surface area (TPSA) is 161 Å². The number of amides is 4. The summed E-state index contributed by atoms with van der Waals surface area (Å²) in [5.41, 5.74) is -1.09. The molecule has 2 aromatic carbocycles. The van der Waals surface area contributed by atoms with Crippen molar-refractivity contribution in [3.05, 3.63) is 80.2 Å². The molecule has 2 heterocycles. The van der Waals surface area contributed by atoms with Crippen LogP contribution in [0.3, 0.4) is 0 Å². The van der Waals surface area contributed by atoms with E-state index in [1.165, 1.54) is 43.3 Å². The highest BCUT2D eigenvalue weighted by molar-refractivity contribution is 6.07. The molecule has 1 saturated heterocycles. The molecule has 0 bridgehead atoms. The average molecular weight is 480 g/mol. The zero-order valence-corrected chi connectivity index (χ0v) is 18.7. The molecule has 0 aliphatic carbocycles. The molecule has 0 saturated carbocycles. The maximum absolute atomic E-state index is 13.3. The number of nitrogens with zero attached hydrogens (tertiary/aromatic N) is 2. The van der Waals surface area contributed by atoms with Crippen molar-refractivity contribution in [3.8, 4) is 0 Å². The number of benzene rings is 2. The molecule has 2 N–H and O–H groups in total. The Labute approximate surface area is 197 Å². The zero-order chi connectivity index (χ0) is 25.3. The fourth-order valence-electron chi connectivity index (χ4n) is 3.85. The van der Waals surface area contributed by atoms with E-state index < -0.39 is 34.1 Å². The standard InChI is InChI=1S/C23H20N4O8/c1-3-34-22(31)24-15-6-9-17-13(10-19(28)35-18(17)11-15)12-26-20(29)23(2,25-21(26)30)14-4-7-16(8-5-14)27(32)33/h4-11H,3,12H2,1-2H3,(H,24,31)(H,25,30). The summed E-state index contributed by atoms with van der Waals surface area (Å²) < 4.78 is 10.1. The highest BCUT2D eigenvalue weighted by Gasteiger charge is 2.49. The summed E-state index contributed by atoms with van der Waals surface area (Å²) in [6.07, 6.45) is -0.671. The molecule has 12 heteroatoms. The van der Waals surface area contributed by atoms with E-state index in [0.717, 1.165) is 4.90 Å². The molecule has 0 radical (unpaired) electrons. The number of carbonyl (C=O) groups excluding carboxylic acids is 3. The van der Waals surface area contributed by atoms with Crippen LogP contribution in [0.2, 0.25) is 0 Å². The van der Waals surface area contributed by atoms with E-state index in [1.54, 1.807) is 19.1 Å². The number of ether oxygens (including phenoxy) is 1. The number of nitrogens with one attached hydrogen (secondary N) is 2. The number of imide groups is 1. The van der Waals surface area contributed by atoms with Gasteiger partial charge in [-0.15, -0.1) is 0 Å². The lowest BCUT2D eigenvalue weighted by Crippen LogP contribution is -2.40. The van der Waals surface area contributed by atoms with Crippen molar-refractivity contribution in [2.24, 2.45) is 0 Å². The fourth-order valence-corrected chi connectivity index (χ4v) is 3.85. The Morgan fingerprint density at radius 1 is 1.17 bits per heavy atom. The number of urea groups is 1. The molecule has 1 aliphatic rings. The van der Waals surface area contributed by atoms with Crippen LogP contribution in [0.4, 0.5) is 21.0 Å². The second-order valence-electron chi connectivity index (χ2n) is 7.90. The summed E-state index contributed by atoms with van der Waals surface area (Å²) in [6, 6.07) is 10.4. The number of nitro benzene ring substituents is 1. The normalized spacial score (nSPS) is 17.4. The van der Waals surface area contributed by atoms with E-state index in [1.807, 2.05) is 0 Å². The van der Waals surface area contributed by atoms with E-state index in [2.05, 4.69) is 10.6 Å². The molecule has 180 valence electrons. The number of fused-ring (bicyclic) bond motifs is 1. The van der Waals surface area contributed by atoms with Crippen molar-refractivity contribution in [2.45, 2.75) is 25.9 Å². The van der Waals surface area contributed by atoms with Gasteiger partial charge in [-0.25, -0.2) is 14.4 Å². The number of nitro groups is 1. The molecule has 1 aromatic heterocycles. The van der Waals surface area contributed by atoms with Gasteiger partial charge in [0.25, 0.3) is 11.6 Å². The average Bonchev–Trinajstić information content (AvgIpc) is 3.02. The SMILES string of the molecule is CCOC(=O)Nc1ccc2c(CN3C(=O)NC(C)(c4ccc([N+](=O)[O-])cc4)C3=O)cc(=O)oc2c1. The molecule has 0 spiro atoms. The quantitative estimate of drug-likeness (QED) is 0.235. The largest absolute Gasteiger partial charge is 0.450 e. The predicted octanol–water partition coefficient (Wildman–Crippen LogP) is 3.24. The van der Waals surface area contributed by atoms with Crippen LogP contribution in [-0.2, 0) is 21.6 Å². The summed E-state index contributed by atoms with van der Waals surface area (Å²) in [5.74, 6) is -0.585. The number of hydrogen-bond donors (Lipinski definition) is 2. The third kappa shape index (κ3) is 4.40. The minimum atomic E-state index is -1.45. The number of rotatable bonds is 6. The Morgan fingerprint density at radius 3 is 2.54 bits per heavy atom. The van der Waals surface area contributed by atoms with Crippen molar-refractivity contribution in [3.63, 3.8) is 0 Å². The van der Waals surface area contributed by atoms with E-state index in [9.17, 15) is 29.3 Å². The first-order chi connectivity index (χ1) is 16.6. The summed E-state index contributed by atoms with van der Waals surface area (Å²) >= 11 is 0. The van der Waals surface area contributed by atoms with Gasteiger partial charge < -0.3 is 14.5 Å². The van der Waals surface area contributed by atoms with Gasteiger partial charge in [0.2, 0.25) is 0 Å². The zero-order valence-electron chi connectivity index (χ0n) is 18.7. The molecule has 1 unspecified atom stereocenters. The minimum Gasteiger partial charge on any atom is -0.450 e. The molecule has 4 amide bonds. The van der Waals surface area contributed by atoms with Crippen LogP contribution in [0.15, 0.2) is 57.7 Å². The van der Waals surface area contributed by atoms with Crippen molar-refractivity contribution in [1.82, 2.24) is 10.2 Å². The van der Waals surface area contributed by atoms with Gasteiger partial charge in [0.1, 0.15) is 11.1 Å². The molecule has 4 rings (SSSR count). The molecular formula is C23H20N4O8. The van der Waals surface area contributed by atoms with E-state index in [0.29, 0.717) is 22.2 Å². The maximum atomic E-state index is 13.3. The van der Waals surface area contributed by atoms with E-state index >= 15 is 0 Å². The Morgan fingerprint density at radius 2 is 1.89 bits per heavy atom. The van der Waals surface area contributed by atoms with Crippen LogP contribution in [0.1, 0.15) is 25.0 Å². The van der Waals surface area contributed by atoms with Crippen LogP contribution in [0.25, 0.3) is 11.0 Å². The fraction of sp³-hybridized carbons (Fsp3) is 0.217. The van der Waals surface area contributed by atoms with Crippen LogP contribution >= 0.6 is 0 Å². The molecule has 1 aliphatic heterocycles. The predicted molar refractivity (Wildman–Crippen MR) is 123 cm³/mol. The summed E-state index contributed by atoms with van der Waals surface area (Å²) in [6.45, 7) is 3.12. The van der Waals surface area contributed by atoms with Crippen molar-refractivity contribution in [1.29, 1.82) is 0 Å². The number of non-ortho nitro benzene ring substituents is 1. The van der Waals surface area contributed by atoms with Gasteiger partial charge in [0, 0.05) is 35.3 Å². The van der Waals surface area contributed by atoms with Gasteiger partial charge in [0.15, 0.2) is 0 Å². The number of carbonyl (C=O) groups is 3. The first-order valence-electron chi connectivity index (χ1n) is 10.5. The summed E-state index contributed by atoms with van der Waals surface area (Å²) in [4.78, 5) is 61.2. The second-order valence-corrected chi connectivity index (χ2v) is 7.90. The van der Waals surface area contributed by atoms with Gasteiger partial charge in [0.05, 0.1) is 18.1 Å². The third-order valence-electron chi connectivity index (χ3n) is 5.61. The monoisotopic (exact) mass is 480 g/mol. The Hall–Kier alpha value is -4.74. The smallest absolute Gasteiger partial charge is 0.411 e. The molecule has 1 fully saturated rings. The van der Waals surface area contributed by atoms with Crippen molar-refractivity contribution >= 4 is 40.4 Å². The van der Waals surface area contributed by atoms with Crippen LogP contribution in [0.5, 0.6) is 0 Å². The van der Waals surface area contributed by atoms with Gasteiger partial charge in [-0.1, -0.05) is 0 Å². The molecule has 12 nitrogen and oxygen atoms in total. The Kier molecular flexibility index (Phi) is 5.95. The lowest BCUT2D eigenvalue weighted by Gasteiger charge is -2.22. The number of hydrogen-bond acceptors (Lipinski definition) is 8. The van der Waals surface area contributed by atoms with Crippen LogP contribution in [-0.4, -0.2) is 34.5 Å². The Bertz CT molecular complexity index is 1420. The second kappa shape index (κ2) is 8.89. The lowest BCUT2D eigenvalue weighted by atomic mass is 9.92. The minimum absolute atomic E-state index is 0.145.